The number of aryl methyl sites for hydroxylation is 2. The Balaban J connectivity index is 1.34. The Morgan fingerprint density at radius 3 is 2.20 bits per heavy atom. The highest BCUT2D eigenvalue weighted by Crippen LogP contribution is 2.52. The molecule has 2 amide bonds. The molecule has 3 aromatic rings. The zero-order valence-corrected chi connectivity index (χ0v) is 28.0. The van der Waals surface area contributed by atoms with E-state index in [9.17, 15) is 46.1 Å². The number of allylic oxidation sites excluding steroid dienone is 2. The Hall–Kier alpha value is -4.43. The van der Waals surface area contributed by atoms with Gasteiger partial charge in [-0.2, -0.15) is 26.3 Å². The van der Waals surface area contributed by atoms with Gasteiger partial charge in [0.1, 0.15) is 5.75 Å². The summed E-state index contributed by atoms with van der Waals surface area (Å²) in [5.41, 5.74) is 1.21. The van der Waals surface area contributed by atoms with Crippen LogP contribution in [0.4, 0.5) is 32.0 Å². The van der Waals surface area contributed by atoms with Gasteiger partial charge < -0.3 is 14.8 Å². The third-order valence-electron chi connectivity index (χ3n) is 10.1. The molecule has 3 heterocycles. The summed E-state index contributed by atoms with van der Waals surface area (Å²) >= 11 is 0. The summed E-state index contributed by atoms with van der Waals surface area (Å²) in [4.78, 5) is 32.8. The van der Waals surface area contributed by atoms with E-state index in [1.54, 1.807) is 26.1 Å². The summed E-state index contributed by atoms with van der Waals surface area (Å²) < 4.78 is 88.3. The van der Waals surface area contributed by atoms with Crippen LogP contribution >= 0.6 is 0 Å². The highest BCUT2D eigenvalue weighted by molar-refractivity contribution is 6.43. The van der Waals surface area contributed by atoms with E-state index >= 15 is 0 Å². The number of aromatic hydroxyl groups is 1. The maximum atomic E-state index is 14.0. The average molecular weight is 712 g/mol. The number of amides is 2. The minimum absolute atomic E-state index is 0.0481. The third-order valence-corrected chi connectivity index (χ3v) is 10.1. The molecule has 2 saturated heterocycles. The number of pyridine rings is 1. The number of carbonyl (C=O) groups is 2. The van der Waals surface area contributed by atoms with E-state index < -0.39 is 72.0 Å². The summed E-state index contributed by atoms with van der Waals surface area (Å²) in [6.45, 7) is 5.45. The number of benzene rings is 2. The number of carbonyl (C=O) groups excluding carboxylic acids is 2. The molecule has 1 aliphatic carbocycles. The van der Waals surface area contributed by atoms with Gasteiger partial charge >= 0.3 is 19.5 Å². The Kier molecular flexibility index (Phi) is 9.70. The molecule has 14 heteroatoms. The summed E-state index contributed by atoms with van der Waals surface area (Å²) in [5.74, 6) is -4.45. The molecule has 2 aromatic carbocycles. The predicted molar refractivity (Wildman–Crippen MR) is 178 cm³/mol. The second-order valence-corrected chi connectivity index (χ2v) is 13.4. The minimum Gasteiger partial charge on any atom is -0.507 e. The smallest absolute Gasteiger partial charge is 0.455 e. The lowest BCUT2D eigenvalue weighted by Crippen LogP contribution is -2.46. The quantitative estimate of drug-likeness (QED) is 0.111. The first-order chi connectivity index (χ1) is 24.0. The highest BCUT2D eigenvalue weighted by Gasteiger charge is 2.58. The van der Waals surface area contributed by atoms with Crippen LogP contribution < -0.4 is 4.90 Å². The van der Waals surface area contributed by atoms with Crippen molar-refractivity contribution in [2.75, 3.05) is 4.90 Å². The van der Waals surface area contributed by atoms with Gasteiger partial charge in [-0.05, 0) is 128 Å². The first-order valence-electron chi connectivity index (χ1n) is 16.6. The Bertz CT molecular complexity index is 1870. The zero-order chi connectivity index (χ0) is 37.0. The molecular formula is C37H35BF6N2O5. The maximum absolute atomic E-state index is 14.0. The zero-order valence-electron chi connectivity index (χ0n) is 28.0. The molecule has 3 aliphatic rings. The van der Waals surface area contributed by atoms with Gasteiger partial charge in [0.15, 0.2) is 0 Å². The van der Waals surface area contributed by atoms with Gasteiger partial charge in [-0.15, -0.1) is 0 Å². The van der Waals surface area contributed by atoms with Gasteiger partial charge in [-0.3, -0.25) is 14.6 Å². The monoisotopic (exact) mass is 712 g/mol. The first kappa shape index (κ1) is 36.4. The van der Waals surface area contributed by atoms with Crippen molar-refractivity contribution in [2.45, 2.75) is 71.2 Å². The van der Waals surface area contributed by atoms with Gasteiger partial charge in [0, 0.05) is 6.20 Å². The number of aromatic nitrogens is 1. The largest absolute Gasteiger partial charge is 0.507 e. The molecule has 6 rings (SSSR count). The molecule has 51 heavy (non-hydrogen) atoms. The Morgan fingerprint density at radius 2 is 1.63 bits per heavy atom. The van der Waals surface area contributed by atoms with Crippen molar-refractivity contribution < 1.29 is 50.7 Å². The van der Waals surface area contributed by atoms with E-state index in [0.29, 0.717) is 53.1 Å². The van der Waals surface area contributed by atoms with Crippen molar-refractivity contribution in [1.82, 2.24) is 4.98 Å². The topological polar surface area (TPSA) is 100.0 Å². The minimum atomic E-state index is -5.17. The van der Waals surface area contributed by atoms with E-state index in [1.807, 2.05) is 37.3 Å². The van der Waals surface area contributed by atoms with Crippen LogP contribution in [0.25, 0.3) is 11.6 Å². The van der Waals surface area contributed by atoms with E-state index in [1.165, 1.54) is 0 Å². The van der Waals surface area contributed by atoms with Crippen LogP contribution in [0.15, 0.2) is 65.9 Å². The molecule has 0 saturated carbocycles. The molecule has 2 N–H and O–H groups in total. The number of imide groups is 1. The molecule has 2 fully saturated rings. The number of hydrogen-bond acceptors (Lipinski definition) is 6. The molecule has 1 aromatic heterocycles. The molecule has 4 atom stereocenters. The Labute approximate surface area is 290 Å². The van der Waals surface area contributed by atoms with E-state index in [4.69, 9.17) is 4.65 Å². The third kappa shape index (κ3) is 7.08. The van der Waals surface area contributed by atoms with Gasteiger partial charge in [0.05, 0.1) is 40.4 Å². The summed E-state index contributed by atoms with van der Waals surface area (Å²) in [6, 6.07) is 9.90. The maximum Gasteiger partial charge on any atom is 0.455 e. The normalized spacial score (nSPS) is 22.8. The molecule has 7 nitrogen and oxygen atoms in total. The molecule has 268 valence electrons. The lowest BCUT2D eigenvalue weighted by molar-refractivity contribution is -0.143. The molecule has 0 bridgehead atoms. The lowest BCUT2D eigenvalue weighted by Gasteiger charge is -2.43. The van der Waals surface area contributed by atoms with Crippen molar-refractivity contribution in [3.8, 4) is 5.75 Å². The average Bonchev–Trinajstić information content (AvgIpc) is 3.32. The molecule has 0 radical (unpaired) electrons. The van der Waals surface area contributed by atoms with E-state index in [-0.39, 0.29) is 24.6 Å². The summed E-state index contributed by atoms with van der Waals surface area (Å²) in [6.07, 6.45) is -6.25. The van der Waals surface area contributed by atoms with Crippen molar-refractivity contribution in [1.29, 1.82) is 0 Å². The molecule has 0 spiro atoms. The number of rotatable bonds is 7. The number of phenolic OH excluding ortho intramolecular Hbond substituents is 1. The number of halogens is 6. The summed E-state index contributed by atoms with van der Waals surface area (Å²) in [5, 5.41) is 21.2. The standard InChI is InChI=1S/C37H35BF6N2O5/c1-4-22-14-27-32(35(49)46(34(27)48)26-16-24(36(39,40)41)15-25(17-26)37(42,43)44)28-18-38(50)51-30(31(22)28)9-8-23(29-7-5-6-10-45-29)13-21-11-19(2)33(47)20(3)12-21/h5-7,10-13,15-17,27-28,30,32,47,50H,4,8-9,14,18H2,1-3H3/b23-13-/t27-,28+,30-,32-/m1/s1. The van der Waals surface area contributed by atoms with Crippen LogP contribution in [-0.2, 0) is 26.6 Å². The molecule has 2 aliphatic heterocycles. The van der Waals surface area contributed by atoms with Gasteiger partial charge in [-0.25, -0.2) is 4.90 Å². The van der Waals surface area contributed by atoms with Crippen molar-refractivity contribution in [3.05, 3.63) is 99.4 Å². The number of anilines is 1. The van der Waals surface area contributed by atoms with Crippen LogP contribution in [0.5, 0.6) is 5.75 Å². The number of nitrogens with zero attached hydrogens (tertiary/aromatic N) is 2. The second-order valence-electron chi connectivity index (χ2n) is 13.4. The summed E-state index contributed by atoms with van der Waals surface area (Å²) in [7, 11) is -1.34. The molecule has 0 unspecified atom stereocenters. The fourth-order valence-electron chi connectivity index (χ4n) is 7.81. The van der Waals surface area contributed by atoms with Crippen molar-refractivity contribution >= 4 is 36.3 Å². The van der Waals surface area contributed by atoms with Crippen LogP contribution in [0.1, 0.15) is 66.1 Å². The predicted octanol–water partition coefficient (Wildman–Crippen LogP) is 8.17. The highest BCUT2D eigenvalue weighted by atomic mass is 19.4. The van der Waals surface area contributed by atoms with Crippen molar-refractivity contribution in [3.63, 3.8) is 0 Å². The van der Waals surface area contributed by atoms with E-state index in [0.717, 1.165) is 22.3 Å². The van der Waals surface area contributed by atoms with Crippen LogP contribution in [0.3, 0.4) is 0 Å². The van der Waals surface area contributed by atoms with Gasteiger partial charge in [0.2, 0.25) is 11.8 Å². The number of alkyl halides is 6. The fourth-order valence-corrected chi connectivity index (χ4v) is 7.81. The fraction of sp³-hybridized carbons (Fsp3) is 0.378. The number of hydrogen-bond donors (Lipinski definition) is 2. The van der Waals surface area contributed by atoms with Gasteiger partial charge in [-0.1, -0.05) is 18.6 Å². The lowest BCUT2D eigenvalue weighted by atomic mass is 9.58. The first-order valence-corrected chi connectivity index (χ1v) is 16.6. The SMILES string of the molecule is CCC1=C2[C@@H](CC/C(=C/c3cc(C)c(O)c(C)c3)c3ccccn3)OB(O)C[C@@H]2[C@@H]2C(=O)N(c3cc(C(F)(F)F)cc(C(F)(F)F)c3)C(=O)[C@@H]2C1. The number of fused-ring (bicyclic) bond motifs is 3. The van der Waals surface area contributed by atoms with Gasteiger partial charge in [0.25, 0.3) is 0 Å². The van der Waals surface area contributed by atoms with Crippen molar-refractivity contribution in [2.24, 2.45) is 17.8 Å². The van der Waals surface area contributed by atoms with Crippen LogP contribution in [0.2, 0.25) is 6.32 Å². The van der Waals surface area contributed by atoms with Crippen LogP contribution in [0, 0.1) is 31.6 Å². The Morgan fingerprint density at radius 1 is 0.980 bits per heavy atom. The van der Waals surface area contributed by atoms with E-state index in [2.05, 4.69) is 4.98 Å². The number of phenols is 1. The van der Waals surface area contributed by atoms with Crippen LogP contribution in [-0.4, -0.2) is 40.2 Å². The second kappa shape index (κ2) is 13.6. The molecular weight excluding hydrogens is 677 g/mol.